The van der Waals surface area contributed by atoms with Crippen LogP contribution in [0.15, 0.2) is 24.4 Å². The third kappa shape index (κ3) is 6.19. The Bertz CT molecular complexity index is 672. The van der Waals surface area contributed by atoms with Crippen molar-refractivity contribution in [2.75, 3.05) is 10.5 Å². The highest BCUT2D eigenvalue weighted by atomic mass is 32.2. The number of pyridine rings is 1. The molecule has 2 N–H and O–H groups in total. The SMILES string of the molecule is CC(CC(C=O)S(=O)(=O)Nc1ccccn1)CS(=O)(=O)O. The van der Waals surface area contributed by atoms with E-state index in [9.17, 15) is 21.6 Å². The topological polar surface area (TPSA) is 130 Å². The standard InChI is InChI=1S/C11H16N2O6S2/c1-9(8-20(15,16)17)6-10(7-14)21(18,19)13-11-4-2-3-5-12-11/h2-5,7,9-10H,6,8H2,1H3,(H,12,13)(H,15,16,17). The monoisotopic (exact) mass is 336 g/mol. The van der Waals surface area contributed by atoms with Crippen LogP contribution in [-0.4, -0.2) is 43.7 Å². The van der Waals surface area contributed by atoms with Crippen LogP contribution in [0.2, 0.25) is 0 Å². The quantitative estimate of drug-likeness (QED) is 0.516. The number of hydrogen-bond donors (Lipinski definition) is 2. The maximum absolute atomic E-state index is 12.0. The largest absolute Gasteiger partial charge is 0.302 e. The Morgan fingerprint density at radius 2 is 2.00 bits per heavy atom. The molecule has 2 unspecified atom stereocenters. The fraction of sp³-hybridized carbons (Fsp3) is 0.455. The Morgan fingerprint density at radius 1 is 1.33 bits per heavy atom. The lowest BCUT2D eigenvalue weighted by Crippen LogP contribution is -2.32. The molecule has 0 bridgehead atoms. The highest BCUT2D eigenvalue weighted by molar-refractivity contribution is 7.94. The molecule has 1 aromatic rings. The second-order valence-corrected chi connectivity index (χ2v) is 8.02. The number of carbonyl (C=O) groups excluding carboxylic acids is 1. The van der Waals surface area contributed by atoms with E-state index in [0.717, 1.165) is 0 Å². The first-order chi connectivity index (χ1) is 9.64. The van der Waals surface area contributed by atoms with Gasteiger partial charge in [0.25, 0.3) is 10.1 Å². The van der Waals surface area contributed by atoms with Gasteiger partial charge in [-0.2, -0.15) is 8.42 Å². The van der Waals surface area contributed by atoms with Gasteiger partial charge < -0.3 is 4.79 Å². The number of carbonyl (C=O) groups is 1. The zero-order valence-electron chi connectivity index (χ0n) is 11.2. The van der Waals surface area contributed by atoms with E-state index in [-0.39, 0.29) is 18.5 Å². The molecule has 1 aromatic heterocycles. The molecule has 8 nitrogen and oxygen atoms in total. The number of hydrogen-bond acceptors (Lipinski definition) is 6. The van der Waals surface area contributed by atoms with Crippen LogP contribution in [0.1, 0.15) is 13.3 Å². The molecule has 21 heavy (non-hydrogen) atoms. The van der Waals surface area contributed by atoms with Crippen molar-refractivity contribution in [3.63, 3.8) is 0 Å². The minimum Gasteiger partial charge on any atom is -0.302 e. The molecular weight excluding hydrogens is 320 g/mol. The molecule has 2 atom stereocenters. The minimum absolute atomic E-state index is 0.0618. The Labute approximate surface area is 123 Å². The number of anilines is 1. The van der Waals surface area contributed by atoms with Crippen molar-refractivity contribution in [2.45, 2.75) is 18.6 Å². The van der Waals surface area contributed by atoms with E-state index in [2.05, 4.69) is 9.71 Å². The fourth-order valence-corrected chi connectivity index (χ4v) is 3.87. The lowest BCUT2D eigenvalue weighted by Gasteiger charge is -2.16. The van der Waals surface area contributed by atoms with E-state index in [4.69, 9.17) is 4.55 Å². The molecule has 0 radical (unpaired) electrons. The molecule has 0 aliphatic rings. The van der Waals surface area contributed by atoms with Crippen LogP contribution >= 0.6 is 0 Å². The molecule has 0 saturated heterocycles. The Hall–Kier alpha value is -1.52. The van der Waals surface area contributed by atoms with Gasteiger partial charge in [0.05, 0.1) is 5.75 Å². The normalized spacial score (nSPS) is 15.1. The third-order valence-corrected chi connectivity index (χ3v) is 5.18. The van der Waals surface area contributed by atoms with E-state index in [1.54, 1.807) is 12.1 Å². The van der Waals surface area contributed by atoms with Crippen molar-refractivity contribution < 1.29 is 26.2 Å². The van der Waals surface area contributed by atoms with E-state index in [1.165, 1.54) is 19.2 Å². The number of nitrogens with one attached hydrogen (secondary N) is 1. The average molecular weight is 336 g/mol. The number of nitrogens with zero attached hydrogens (tertiary/aromatic N) is 1. The first-order valence-electron chi connectivity index (χ1n) is 5.97. The Kier molecular flexibility index (Phi) is 5.81. The molecule has 0 amide bonds. The summed E-state index contributed by atoms with van der Waals surface area (Å²) >= 11 is 0. The molecule has 118 valence electrons. The van der Waals surface area contributed by atoms with Crippen molar-refractivity contribution >= 4 is 32.2 Å². The highest BCUT2D eigenvalue weighted by Gasteiger charge is 2.28. The van der Waals surface area contributed by atoms with Crippen LogP contribution in [0.4, 0.5) is 5.82 Å². The summed E-state index contributed by atoms with van der Waals surface area (Å²) in [5.74, 6) is -1.25. The summed E-state index contributed by atoms with van der Waals surface area (Å²) in [7, 11) is -8.26. The van der Waals surface area contributed by atoms with Crippen LogP contribution < -0.4 is 4.72 Å². The van der Waals surface area contributed by atoms with E-state index in [0.29, 0.717) is 0 Å². The van der Waals surface area contributed by atoms with Gasteiger partial charge in [-0.3, -0.25) is 9.27 Å². The Balaban J connectivity index is 2.81. The van der Waals surface area contributed by atoms with E-state index >= 15 is 0 Å². The van der Waals surface area contributed by atoms with E-state index < -0.39 is 37.1 Å². The van der Waals surface area contributed by atoms with Crippen molar-refractivity contribution in [2.24, 2.45) is 5.92 Å². The van der Waals surface area contributed by atoms with Gasteiger partial charge in [-0.25, -0.2) is 13.4 Å². The van der Waals surface area contributed by atoms with Crippen molar-refractivity contribution in [3.8, 4) is 0 Å². The number of sulfonamides is 1. The lowest BCUT2D eigenvalue weighted by molar-refractivity contribution is -0.107. The molecule has 0 aliphatic heterocycles. The zero-order valence-corrected chi connectivity index (χ0v) is 12.8. The molecule has 0 fully saturated rings. The summed E-state index contributed by atoms with van der Waals surface area (Å²) in [6.45, 7) is 1.43. The molecular formula is C11H16N2O6S2. The number of rotatable bonds is 8. The van der Waals surface area contributed by atoms with Crippen molar-refractivity contribution in [1.29, 1.82) is 0 Å². The summed E-state index contributed by atoms with van der Waals surface area (Å²) in [6, 6.07) is 4.59. The van der Waals surface area contributed by atoms with Gasteiger partial charge in [-0.15, -0.1) is 0 Å². The average Bonchev–Trinajstić information content (AvgIpc) is 2.34. The van der Waals surface area contributed by atoms with Crippen molar-refractivity contribution in [3.05, 3.63) is 24.4 Å². The number of aromatic nitrogens is 1. The second-order valence-electron chi connectivity index (χ2n) is 4.63. The first kappa shape index (κ1) is 17.5. The molecule has 0 aliphatic carbocycles. The predicted octanol–water partition coefficient (Wildman–Crippen LogP) is 0.305. The van der Waals surface area contributed by atoms with Gasteiger partial charge in [0.2, 0.25) is 10.0 Å². The third-order valence-electron chi connectivity index (χ3n) is 2.59. The smallest absolute Gasteiger partial charge is 0.265 e. The second kappa shape index (κ2) is 6.96. The molecule has 1 heterocycles. The molecule has 10 heteroatoms. The lowest BCUT2D eigenvalue weighted by atomic mass is 10.1. The number of aldehydes is 1. The summed E-state index contributed by atoms with van der Waals surface area (Å²) in [6.07, 6.45) is 1.38. The van der Waals surface area contributed by atoms with Crippen LogP contribution in [0.3, 0.4) is 0 Å². The molecule has 1 rings (SSSR count). The van der Waals surface area contributed by atoms with Gasteiger partial charge in [0.15, 0.2) is 0 Å². The summed E-state index contributed by atoms with van der Waals surface area (Å²) in [5.41, 5.74) is 0. The van der Waals surface area contributed by atoms with Crippen LogP contribution in [0.5, 0.6) is 0 Å². The maximum Gasteiger partial charge on any atom is 0.265 e. The van der Waals surface area contributed by atoms with Crippen molar-refractivity contribution in [1.82, 2.24) is 4.98 Å². The maximum atomic E-state index is 12.0. The molecule has 0 spiro atoms. The zero-order chi connectivity index (χ0) is 16.1. The predicted molar refractivity (Wildman–Crippen MR) is 76.8 cm³/mol. The highest BCUT2D eigenvalue weighted by Crippen LogP contribution is 2.16. The van der Waals surface area contributed by atoms with Crippen LogP contribution in [0.25, 0.3) is 0 Å². The molecule has 0 aromatic carbocycles. The van der Waals surface area contributed by atoms with Gasteiger partial charge in [0.1, 0.15) is 17.4 Å². The van der Waals surface area contributed by atoms with Gasteiger partial charge >= 0.3 is 0 Å². The van der Waals surface area contributed by atoms with E-state index in [1.807, 2.05) is 0 Å². The van der Waals surface area contributed by atoms with Crippen LogP contribution in [0, 0.1) is 5.92 Å². The van der Waals surface area contributed by atoms with Gasteiger partial charge in [-0.1, -0.05) is 13.0 Å². The Morgan fingerprint density at radius 3 is 2.48 bits per heavy atom. The fourth-order valence-electron chi connectivity index (χ4n) is 1.72. The van der Waals surface area contributed by atoms with Crippen LogP contribution in [-0.2, 0) is 24.9 Å². The molecule has 0 saturated carbocycles. The van der Waals surface area contributed by atoms with Gasteiger partial charge in [0, 0.05) is 6.20 Å². The summed E-state index contributed by atoms with van der Waals surface area (Å²) < 4.78 is 56.4. The summed E-state index contributed by atoms with van der Waals surface area (Å²) in [4.78, 5) is 14.8. The summed E-state index contributed by atoms with van der Waals surface area (Å²) in [5, 5.41) is -1.43. The minimum atomic E-state index is -4.23. The first-order valence-corrected chi connectivity index (χ1v) is 9.12. The van der Waals surface area contributed by atoms with Gasteiger partial charge in [-0.05, 0) is 24.5 Å².